The second kappa shape index (κ2) is 8.61. The van der Waals surface area contributed by atoms with Crippen molar-refractivity contribution in [3.05, 3.63) is 42.2 Å². The molecule has 1 atom stereocenters. The van der Waals surface area contributed by atoms with E-state index in [1.54, 1.807) is 18.5 Å². The number of sulfonamides is 1. The summed E-state index contributed by atoms with van der Waals surface area (Å²) in [6, 6.07) is 9.77. The van der Waals surface area contributed by atoms with Gasteiger partial charge in [0.1, 0.15) is 11.8 Å². The molecule has 1 saturated heterocycles. The topological polar surface area (TPSA) is 117 Å². The molecule has 32 heavy (non-hydrogen) atoms. The Balaban J connectivity index is 1.88. The number of hydrogen-bond acceptors (Lipinski definition) is 8. The van der Waals surface area contributed by atoms with Crippen LogP contribution in [0.5, 0.6) is 5.88 Å². The third kappa shape index (κ3) is 4.30. The fourth-order valence-electron chi connectivity index (χ4n) is 3.85. The van der Waals surface area contributed by atoms with Crippen LogP contribution in [0.2, 0.25) is 0 Å². The Morgan fingerprint density at radius 1 is 1.25 bits per heavy atom. The van der Waals surface area contributed by atoms with Crippen molar-refractivity contribution in [2.45, 2.75) is 13.0 Å². The molecule has 0 saturated carbocycles. The van der Waals surface area contributed by atoms with Crippen LogP contribution in [0.25, 0.3) is 22.0 Å². The number of fused-ring (bicyclic) bond motifs is 1. The van der Waals surface area contributed by atoms with Gasteiger partial charge in [-0.2, -0.15) is 5.26 Å². The number of benzene rings is 1. The van der Waals surface area contributed by atoms with E-state index in [2.05, 4.69) is 32.6 Å². The van der Waals surface area contributed by atoms with Gasteiger partial charge in [0.15, 0.2) is 0 Å². The van der Waals surface area contributed by atoms with E-state index in [1.807, 2.05) is 18.2 Å². The average molecular weight is 454 g/mol. The molecular formula is C22H23N5O4S. The maximum Gasteiger partial charge on any atom is 0.238 e. The molecule has 1 N–H and O–H groups in total. The van der Waals surface area contributed by atoms with Gasteiger partial charge in [0.2, 0.25) is 15.9 Å². The Labute approximate surface area is 186 Å². The maximum absolute atomic E-state index is 11.8. The van der Waals surface area contributed by atoms with Crippen LogP contribution in [0.1, 0.15) is 12.5 Å². The molecule has 0 unspecified atom stereocenters. The zero-order valence-electron chi connectivity index (χ0n) is 18.0. The number of ether oxygens (including phenoxy) is 2. The highest BCUT2D eigenvalue weighted by atomic mass is 32.2. The summed E-state index contributed by atoms with van der Waals surface area (Å²) < 4.78 is 36.7. The SMILES string of the molecule is COc1ncc(-c2ccc3ncc(C#N)c(N4CCOC[C@@H]4C)c3c2)cc1NS(C)(=O)=O. The van der Waals surface area contributed by atoms with Gasteiger partial charge < -0.3 is 14.4 Å². The predicted molar refractivity (Wildman–Crippen MR) is 122 cm³/mol. The third-order valence-corrected chi connectivity index (χ3v) is 5.88. The molecule has 166 valence electrons. The lowest BCUT2D eigenvalue weighted by Crippen LogP contribution is -2.44. The van der Waals surface area contributed by atoms with Crippen molar-refractivity contribution in [1.82, 2.24) is 9.97 Å². The number of aromatic nitrogens is 2. The normalized spacial score (nSPS) is 16.6. The summed E-state index contributed by atoms with van der Waals surface area (Å²) in [4.78, 5) is 10.9. The molecule has 3 heterocycles. The van der Waals surface area contributed by atoms with Crippen LogP contribution in [-0.4, -0.2) is 57.6 Å². The quantitative estimate of drug-likeness (QED) is 0.627. The van der Waals surface area contributed by atoms with Gasteiger partial charge in [0.05, 0.1) is 43.3 Å². The number of anilines is 2. The minimum atomic E-state index is -3.51. The molecule has 9 nitrogen and oxygen atoms in total. The van der Waals surface area contributed by atoms with Crippen molar-refractivity contribution in [2.75, 3.05) is 42.7 Å². The fourth-order valence-corrected chi connectivity index (χ4v) is 4.40. The van der Waals surface area contributed by atoms with Crippen molar-refractivity contribution in [2.24, 2.45) is 0 Å². The van der Waals surface area contributed by atoms with Gasteiger partial charge in [-0.05, 0) is 30.7 Å². The lowest BCUT2D eigenvalue weighted by molar-refractivity contribution is 0.0990. The summed E-state index contributed by atoms with van der Waals surface area (Å²) in [5.74, 6) is 0.177. The number of rotatable bonds is 5. The first-order valence-electron chi connectivity index (χ1n) is 10.00. The minimum Gasteiger partial charge on any atom is -0.480 e. The van der Waals surface area contributed by atoms with E-state index in [0.717, 1.165) is 28.4 Å². The van der Waals surface area contributed by atoms with E-state index < -0.39 is 10.0 Å². The second-order valence-corrected chi connectivity index (χ2v) is 9.39. The molecule has 0 bridgehead atoms. The summed E-state index contributed by atoms with van der Waals surface area (Å²) in [5.41, 5.74) is 3.84. The maximum atomic E-state index is 11.8. The third-order valence-electron chi connectivity index (χ3n) is 5.29. The summed E-state index contributed by atoms with van der Waals surface area (Å²) in [6.45, 7) is 3.90. The lowest BCUT2D eigenvalue weighted by atomic mass is 10.0. The molecule has 1 aromatic carbocycles. The molecule has 1 fully saturated rings. The molecule has 0 radical (unpaired) electrons. The number of methoxy groups -OCH3 is 1. The van der Waals surface area contributed by atoms with Crippen LogP contribution < -0.4 is 14.4 Å². The Morgan fingerprint density at radius 2 is 2.06 bits per heavy atom. The van der Waals surface area contributed by atoms with Crippen LogP contribution in [-0.2, 0) is 14.8 Å². The molecule has 0 amide bonds. The molecule has 0 spiro atoms. The zero-order valence-corrected chi connectivity index (χ0v) is 18.8. The molecule has 2 aromatic heterocycles. The molecule has 10 heteroatoms. The number of hydrogen-bond donors (Lipinski definition) is 1. The Hall–Kier alpha value is -3.42. The van der Waals surface area contributed by atoms with Crippen molar-refractivity contribution < 1.29 is 17.9 Å². The smallest absolute Gasteiger partial charge is 0.238 e. The van der Waals surface area contributed by atoms with Crippen LogP contribution in [0.4, 0.5) is 11.4 Å². The highest BCUT2D eigenvalue weighted by Gasteiger charge is 2.24. The number of pyridine rings is 2. The Morgan fingerprint density at radius 3 is 2.75 bits per heavy atom. The number of nitriles is 1. The average Bonchev–Trinajstić information content (AvgIpc) is 2.77. The van der Waals surface area contributed by atoms with Crippen molar-refractivity contribution in [3.8, 4) is 23.1 Å². The molecule has 1 aliphatic heterocycles. The highest BCUT2D eigenvalue weighted by Crippen LogP contribution is 2.36. The first kappa shape index (κ1) is 21.8. The van der Waals surface area contributed by atoms with E-state index in [-0.39, 0.29) is 17.6 Å². The lowest BCUT2D eigenvalue weighted by Gasteiger charge is -2.36. The number of morpholine rings is 1. The standard InChI is InChI=1S/C22H23N5O4S/c1-14-13-31-7-6-27(14)21-17(10-23)12-24-19-5-4-15(8-18(19)21)16-9-20(26-32(3,28)29)22(30-2)25-11-16/h4-5,8-9,11-12,14,26H,6-7,13H2,1-3H3/t14-/m0/s1. The molecule has 1 aliphatic rings. The van der Waals surface area contributed by atoms with Crippen molar-refractivity contribution in [3.63, 3.8) is 0 Å². The number of nitrogens with zero attached hydrogens (tertiary/aromatic N) is 4. The molecule has 0 aliphatic carbocycles. The van der Waals surface area contributed by atoms with Gasteiger partial charge in [0.25, 0.3) is 0 Å². The van der Waals surface area contributed by atoms with Crippen LogP contribution in [0.15, 0.2) is 36.7 Å². The largest absolute Gasteiger partial charge is 0.480 e. The second-order valence-electron chi connectivity index (χ2n) is 7.64. The minimum absolute atomic E-state index is 0.110. The Kier molecular flexibility index (Phi) is 5.86. The summed E-state index contributed by atoms with van der Waals surface area (Å²) in [7, 11) is -2.09. The van der Waals surface area contributed by atoms with Crippen molar-refractivity contribution in [1.29, 1.82) is 5.26 Å². The van der Waals surface area contributed by atoms with Crippen LogP contribution in [0, 0.1) is 11.3 Å². The van der Waals surface area contributed by atoms with Crippen LogP contribution >= 0.6 is 0 Å². The van der Waals surface area contributed by atoms with E-state index in [1.165, 1.54) is 7.11 Å². The highest BCUT2D eigenvalue weighted by molar-refractivity contribution is 7.92. The van der Waals surface area contributed by atoms with Gasteiger partial charge in [-0.3, -0.25) is 9.71 Å². The number of nitrogens with one attached hydrogen (secondary N) is 1. The first-order chi connectivity index (χ1) is 15.3. The van der Waals surface area contributed by atoms with Gasteiger partial charge in [-0.1, -0.05) is 6.07 Å². The summed E-state index contributed by atoms with van der Waals surface area (Å²) in [5, 5.41) is 10.6. The predicted octanol–water partition coefficient (Wildman–Crippen LogP) is 2.77. The summed E-state index contributed by atoms with van der Waals surface area (Å²) >= 11 is 0. The fraction of sp³-hybridized carbons (Fsp3) is 0.318. The monoisotopic (exact) mass is 453 g/mol. The van der Waals surface area contributed by atoms with Crippen molar-refractivity contribution >= 4 is 32.3 Å². The zero-order chi connectivity index (χ0) is 22.9. The van der Waals surface area contributed by atoms with Crippen LogP contribution in [0.3, 0.4) is 0 Å². The van der Waals surface area contributed by atoms with E-state index >= 15 is 0 Å². The first-order valence-corrected chi connectivity index (χ1v) is 11.9. The Bertz CT molecular complexity index is 1320. The van der Waals surface area contributed by atoms with Gasteiger partial charge in [-0.15, -0.1) is 0 Å². The van der Waals surface area contributed by atoms with E-state index in [4.69, 9.17) is 9.47 Å². The molecule has 4 rings (SSSR count). The van der Waals surface area contributed by atoms with Gasteiger partial charge in [-0.25, -0.2) is 13.4 Å². The van der Waals surface area contributed by atoms with E-state index in [0.29, 0.717) is 30.9 Å². The van der Waals surface area contributed by atoms with Gasteiger partial charge >= 0.3 is 0 Å². The summed E-state index contributed by atoms with van der Waals surface area (Å²) in [6.07, 6.45) is 4.29. The molecule has 3 aromatic rings. The molecular weight excluding hydrogens is 430 g/mol. The van der Waals surface area contributed by atoms with Gasteiger partial charge in [0, 0.05) is 35.9 Å². The van der Waals surface area contributed by atoms with E-state index in [9.17, 15) is 13.7 Å².